The maximum absolute atomic E-state index is 12.1. The summed E-state index contributed by atoms with van der Waals surface area (Å²) >= 11 is 0. The van der Waals surface area contributed by atoms with Crippen LogP contribution in [0.1, 0.15) is 18.4 Å². The van der Waals surface area contributed by atoms with Gasteiger partial charge in [0.1, 0.15) is 0 Å². The molecule has 144 valence electrons. The molecule has 0 bridgehead atoms. The fourth-order valence-electron chi connectivity index (χ4n) is 3.20. The molecule has 0 aromatic heterocycles. The molecule has 2 aromatic rings. The molecule has 0 radical (unpaired) electrons. The minimum absolute atomic E-state index is 0.0617. The Labute approximate surface area is 160 Å². The molecule has 1 fully saturated rings. The highest BCUT2D eigenvalue weighted by Crippen LogP contribution is 2.27. The van der Waals surface area contributed by atoms with Gasteiger partial charge in [-0.05, 0) is 54.8 Å². The van der Waals surface area contributed by atoms with E-state index >= 15 is 0 Å². The lowest BCUT2D eigenvalue weighted by Crippen LogP contribution is -2.29. The predicted octanol–water partition coefficient (Wildman–Crippen LogP) is 3.03. The lowest BCUT2D eigenvalue weighted by molar-refractivity contribution is -0.119. The van der Waals surface area contributed by atoms with E-state index in [0.717, 1.165) is 24.3 Å². The van der Waals surface area contributed by atoms with E-state index in [1.165, 1.54) is 18.5 Å². The van der Waals surface area contributed by atoms with Gasteiger partial charge in [-0.3, -0.25) is 4.79 Å². The van der Waals surface area contributed by atoms with Crippen LogP contribution in [0.3, 0.4) is 0 Å². The number of ether oxygens (including phenoxy) is 2. The molecule has 0 saturated carbocycles. The predicted molar refractivity (Wildman–Crippen MR) is 108 cm³/mol. The topological polar surface area (TPSA) is 62.8 Å². The summed E-state index contributed by atoms with van der Waals surface area (Å²) < 4.78 is 10.5. The average Bonchev–Trinajstić information content (AvgIpc) is 3.25. The summed E-state index contributed by atoms with van der Waals surface area (Å²) in [6.45, 7) is 2.93. The van der Waals surface area contributed by atoms with Crippen molar-refractivity contribution < 1.29 is 14.3 Å². The van der Waals surface area contributed by atoms with Gasteiger partial charge >= 0.3 is 0 Å². The maximum Gasteiger partial charge on any atom is 0.239 e. The first-order chi connectivity index (χ1) is 13.2. The number of methoxy groups -OCH3 is 2. The smallest absolute Gasteiger partial charge is 0.239 e. The van der Waals surface area contributed by atoms with Gasteiger partial charge in [0.2, 0.25) is 5.91 Å². The largest absolute Gasteiger partial charge is 0.493 e. The first-order valence-corrected chi connectivity index (χ1v) is 9.26. The van der Waals surface area contributed by atoms with Crippen LogP contribution in [-0.2, 0) is 11.3 Å². The molecule has 1 aliphatic heterocycles. The number of rotatable bonds is 8. The molecule has 0 spiro atoms. The average molecular weight is 369 g/mol. The van der Waals surface area contributed by atoms with Crippen molar-refractivity contribution in [3.63, 3.8) is 0 Å². The summed E-state index contributed by atoms with van der Waals surface area (Å²) in [5, 5.41) is 6.07. The molecule has 1 heterocycles. The van der Waals surface area contributed by atoms with Crippen molar-refractivity contribution in [2.75, 3.05) is 44.1 Å². The monoisotopic (exact) mass is 369 g/mol. The van der Waals surface area contributed by atoms with Gasteiger partial charge in [-0.15, -0.1) is 0 Å². The highest BCUT2D eigenvalue weighted by Gasteiger charge is 2.12. The fraction of sp³-hybridized carbons (Fsp3) is 0.381. The maximum atomic E-state index is 12.1. The van der Waals surface area contributed by atoms with E-state index < -0.39 is 0 Å². The number of hydrogen-bond acceptors (Lipinski definition) is 5. The molecule has 0 aliphatic carbocycles. The number of nitrogens with one attached hydrogen (secondary N) is 2. The van der Waals surface area contributed by atoms with Crippen molar-refractivity contribution in [3.05, 3.63) is 48.0 Å². The van der Waals surface area contributed by atoms with Crippen molar-refractivity contribution in [1.82, 2.24) is 5.32 Å². The third kappa shape index (κ3) is 5.06. The lowest BCUT2D eigenvalue weighted by atomic mass is 10.2. The molecule has 1 aliphatic rings. The normalized spacial score (nSPS) is 13.3. The van der Waals surface area contributed by atoms with Gasteiger partial charge in [0, 0.05) is 31.0 Å². The zero-order valence-electron chi connectivity index (χ0n) is 16.0. The zero-order chi connectivity index (χ0) is 19.1. The molecule has 2 aromatic carbocycles. The number of carbonyl (C=O) groups excluding carboxylic acids is 1. The molecule has 1 saturated heterocycles. The molecular formula is C21H27N3O3. The second kappa shape index (κ2) is 9.16. The van der Waals surface area contributed by atoms with Crippen LogP contribution in [-0.4, -0.2) is 39.8 Å². The summed E-state index contributed by atoms with van der Waals surface area (Å²) in [5.41, 5.74) is 3.14. The van der Waals surface area contributed by atoms with Gasteiger partial charge in [-0.25, -0.2) is 0 Å². The summed E-state index contributed by atoms with van der Waals surface area (Å²) in [7, 11) is 3.20. The van der Waals surface area contributed by atoms with E-state index in [0.29, 0.717) is 18.0 Å². The summed E-state index contributed by atoms with van der Waals surface area (Å²) in [6, 6.07) is 13.9. The van der Waals surface area contributed by atoms with Crippen LogP contribution in [0.25, 0.3) is 0 Å². The fourth-order valence-corrected chi connectivity index (χ4v) is 3.20. The molecule has 6 nitrogen and oxygen atoms in total. The van der Waals surface area contributed by atoms with Crippen LogP contribution in [0.2, 0.25) is 0 Å². The quantitative estimate of drug-likeness (QED) is 0.749. The summed E-state index contributed by atoms with van der Waals surface area (Å²) in [5.74, 6) is 1.26. The molecule has 0 atom stereocenters. The van der Waals surface area contributed by atoms with Crippen LogP contribution < -0.4 is 25.0 Å². The Hall–Kier alpha value is -2.89. The highest BCUT2D eigenvalue weighted by atomic mass is 16.5. The highest BCUT2D eigenvalue weighted by molar-refractivity contribution is 5.80. The zero-order valence-corrected chi connectivity index (χ0v) is 16.0. The van der Waals surface area contributed by atoms with Gasteiger partial charge < -0.3 is 25.0 Å². The van der Waals surface area contributed by atoms with Crippen LogP contribution in [0.4, 0.5) is 11.4 Å². The van der Waals surface area contributed by atoms with E-state index in [4.69, 9.17) is 9.47 Å². The molecular weight excluding hydrogens is 342 g/mol. The van der Waals surface area contributed by atoms with Crippen LogP contribution >= 0.6 is 0 Å². The van der Waals surface area contributed by atoms with Crippen molar-refractivity contribution in [2.45, 2.75) is 19.4 Å². The third-order valence-electron chi connectivity index (χ3n) is 4.73. The first kappa shape index (κ1) is 18.9. The van der Waals surface area contributed by atoms with Crippen LogP contribution in [0.5, 0.6) is 11.5 Å². The van der Waals surface area contributed by atoms with Gasteiger partial charge in [0.25, 0.3) is 0 Å². The van der Waals surface area contributed by atoms with Crippen molar-refractivity contribution in [1.29, 1.82) is 0 Å². The van der Waals surface area contributed by atoms with E-state index in [1.807, 2.05) is 30.3 Å². The first-order valence-electron chi connectivity index (χ1n) is 9.26. The van der Waals surface area contributed by atoms with Crippen molar-refractivity contribution >= 4 is 17.3 Å². The number of amides is 1. The molecule has 6 heteroatoms. The van der Waals surface area contributed by atoms with Crippen LogP contribution in [0.15, 0.2) is 42.5 Å². The number of anilines is 2. The Kier molecular flexibility index (Phi) is 6.41. The van der Waals surface area contributed by atoms with Gasteiger partial charge in [0.05, 0.1) is 20.8 Å². The SMILES string of the molecule is COc1ccc(CNC(=O)CNc2ccc(N3CCCC3)cc2)cc1OC. The van der Waals surface area contributed by atoms with Gasteiger partial charge in [-0.2, -0.15) is 0 Å². The number of carbonyl (C=O) groups is 1. The Morgan fingerprint density at radius 3 is 2.37 bits per heavy atom. The minimum Gasteiger partial charge on any atom is -0.493 e. The second-order valence-electron chi connectivity index (χ2n) is 6.56. The Morgan fingerprint density at radius 2 is 1.70 bits per heavy atom. The van der Waals surface area contributed by atoms with Crippen LogP contribution in [0, 0.1) is 0 Å². The molecule has 0 unspecified atom stereocenters. The van der Waals surface area contributed by atoms with E-state index in [2.05, 4.69) is 27.7 Å². The third-order valence-corrected chi connectivity index (χ3v) is 4.73. The Morgan fingerprint density at radius 1 is 1.00 bits per heavy atom. The van der Waals surface area contributed by atoms with Gasteiger partial charge in [0.15, 0.2) is 11.5 Å². The molecule has 3 rings (SSSR count). The van der Waals surface area contributed by atoms with Gasteiger partial charge in [-0.1, -0.05) is 6.07 Å². The standard InChI is InChI=1S/C21H27N3O3/c1-26-19-10-5-16(13-20(19)27-2)14-23-21(25)15-22-17-6-8-18(9-7-17)24-11-3-4-12-24/h5-10,13,22H,3-4,11-12,14-15H2,1-2H3,(H,23,25). The number of benzene rings is 2. The number of nitrogens with zero attached hydrogens (tertiary/aromatic N) is 1. The second-order valence-corrected chi connectivity index (χ2v) is 6.56. The number of hydrogen-bond donors (Lipinski definition) is 2. The minimum atomic E-state index is -0.0617. The van der Waals surface area contributed by atoms with E-state index in [9.17, 15) is 4.79 Å². The molecule has 1 amide bonds. The molecule has 27 heavy (non-hydrogen) atoms. The molecule has 2 N–H and O–H groups in total. The van der Waals surface area contributed by atoms with Crippen molar-refractivity contribution in [3.8, 4) is 11.5 Å². The van der Waals surface area contributed by atoms with E-state index in [1.54, 1.807) is 14.2 Å². The van der Waals surface area contributed by atoms with E-state index in [-0.39, 0.29) is 12.5 Å². The Bertz CT molecular complexity index is 756. The lowest BCUT2D eigenvalue weighted by Gasteiger charge is -2.18. The van der Waals surface area contributed by atoms with Crippen molar-refractivity contribution in [2.24, 2.45) is 0 Å². The summed E-state index contributed by atoms with van der Waals surface area (Å²) in [4.78, 5) is 14.5. The Balaban J connectivity index is 1.45. The summed E-state index contributed by atoms with van der Waals surface area (Å²) in [6.07, 6.45) is 2.53.